The highest BCUT2D eigenvalue weighted by Gasteiger charge is 2.39. The average molecular weight is 394 g/mol. The normalized spacial score (nSPS) is 18.7. The summed E-state index contributed by atoms with van der Waals surface area (Å²) in [5.41, 5.74) is 5.61. The van der Waals surface area contributed by atoms with Gasteiger partial charge in [0.25, 0.3) is 0 Å². The number of nitrogens with two attached hydrogens (primary N) is 1. The second kappa shape index (κ2) is 6.94. The third kappa shape index (κ3) is 2.79. The lowest BCUT2D eigenvalue weighted by atomic mass is 9.88. The van der Waals surface area contributed by atoms with Crippen LogP contribution < -0.4 is 5.84 Å². The number of quaternary nitrogens is 1. The molecule has 4 aromatic rings. The first-order valence-corrected chi connectivity index (χ1v) is 11.4. The third-order valence-electron chi connectivity index (χ3n) is 7.51. The van der Waals surface area contributed by atoms with Crippen LogP contribution >= 0.6 is 0 Å². The van der Waals surface area contributed by atoms with Gasteiger partial charge in [-0.2, -0.15) is 5.84 Å². The molecule has 0 spiro atoms. The van der Waals surface area contributed by atoms with Crippen LogP contribution in [-0.4, -0.2) is 10.6 Å². The number of hydrogen-bond donors (Lipinski definition) is 1. The molecule has 1 aliphatic heterocycles. The summed E-state index contributed by atoms with van der Waals surface area (Å²) < 4.78 is 0.649. The molecule has 2 nitrogen and oxygen atoms in total. The number of benzene rings is 4. The Kier molecular flexibility index (Phi) is 4.19. The van der Waals surface area contributed by atoms with Crippen LogP contribution in [0, 0.1) is 0 Å². The molecule has 0 unspecified atom stereocenters. The van der Waals surface area contributed by atoms with E-state index >= 15 is 0 Å². The number of hydrogen-bond acceptors (Lipinski definition) is 1. The van der Waals surface area contributed by atoms with Crippen molar-refractivity contribution in [3.63, 3.8) is 0 Å². The summed E-state index contributed by atoms with van der Waals surface area (Å²) >= 11 is 0. The van der Waals surface area contributed by atoms with E-state index in [-0.39, 0.29) is 0 Å². The maximum absolute atomic E-state index is 7.29. The van der Waals surface area contributed by atoms with Crippen LogP contribution in [0.15, 0.2) is 72.8 Å². The molecule has 30 heavy (non-hydrogen) atoms. The fourth-order valence-electron chi connectivity index (χ4n) is 6.03. The van der Waals surface area contributed by atoms with Gasteiger partial charge in [0.2, 0.25) is 0 Å². The van der Waals surface area contributed by atoms with Crippen molar-refractivity contribution in [2.75, 3.05) is 0 Å². The standard InChI is InChI=1S/C28H29N2/c29-30(24-10-2-1-3-11-24)18-22-16-14-20-8-4-6-12-25(20)27(22)28-23(19-30)17-15-21-9-5-7-13-26(21)28/h4-9,12-17,24H,1-3,10-11,18-19,29H2/q+1. The molecule has 2 heteroatoms. The molecule has 0 radical (unpaired) electrons. The van der Waals surface area contributed by atoms with Crippen molar-refractivity contribution in [1.82, 2.24) is 0 Å². The summed E-state index contributed by atoms with van der Waals surface area (Å²) in [6.45, 7) is 1.82. The van der Waals surface area contributed by atoms with Crippen LogP contribution in [0.3, 0.4) is 0 Å². The van der Waals surface area contributed by atoms with Gasteiger partial charge in [0, 0.05) is 24.0 Å². The monoisotopic (exact) mass is 393 g/mol. The van der Waals surface area contributed by atoms with Gasteiger partial charge in [-0.3, -0.25) is 0 Å². The van der Waals surface area contributed by atoms with Gasteiger partial charge in [-0.25, -0.2) is 4.59 Å². The molecular formula is C28H29N2+. The summed E-state index contributed by atoms with van der Waals surface area (Å²) in [4.78, 5) is 0. The Morgan fingerprint density at radius 3 is 1.63 bits per heavy atom. The van der Waals surface area contributed by atoms with Crippen molar-refractivity contribution in [1.29, 1.82) is 0 Å². The van der Waals surface area contributed by atoms with E-state index in [1.165, 1.54) is 75.9 Å². The average Bonchev–Trinajstić information content (AvgIpc) is 2.94. The molecule has 6 rings (SSSR count). The predicted octanol–water partition coefficient (Wildman–Crippen LogP) is 6.70. The molecule has 0 saturated heterocycles. The number of rotatable bonds is 1. The van der Waals surface area contributed by atoms with Crippen LogP contribution in [0.1, 0.15) is 43.2 Å². The predicted molar refractivity (Wildman–Crippen MR) is 126 cm³/mol. The summed E-state index contributed by atoms with van der Waals surface area (Å²) in [6.07, 6.45) is 6.50. The van der Waals surface area contributed by atoms with Gasteiger partial charge >= 0.3 is 0 Å². The van der Waals surface area contributed by atoms with Crippen LogP contribution in [-0.2, 0) is 13.1 Å². The van der Waals surface area contributed by atoms with E-state index in [9.17, 15) is 0 Å². The van der Waals surface area contributed by atoms with Gasteiger partial charge in [-0.05, 0) is 45.5 Å². The molecule has 1 heterocycles. The molecule has 1 saturated carbocycles. The molecule has 4 aromatic carbocycles. The molecule has 0 aromatic heterocycles. The molecule has 0 bridgehead atoms. The highest BCUT2D eigenvalue weighted by Crippen LogP contribution is 2.44. The van der Waals surface area contributed by atoms with E-state index in [2.05, 4.69) is 72.8 Å². The lowest BCUT2D eigenvalue weighted by Crippen LogP contribution is -2.59. The minimum atomic E-state index is 0.551. The quantitative estimate of drug-likeness (QED) is 0.283. The molecule has 2 aliphatic rings. The van der Waals surface area contributed by atoms with E-state index in [4.69, 9.17) is 5.84 Å². The second-order valence-electron chi connectivity index (χ2n) is 9.35. The van der Waals surface area contributed by atoms with E-state index in [1.54, 1.807) is 0 Å². The third-order valence-corrected chi connectivity index (χ3v) is 7.51. The lowest BCUT2D eigenvalue weighted by Gasteiger charge is -2.41. The molecule has 1 aliphatic carbocycles. The van der Waals surface area contributed by atoms with Gasteiger partial charge in [0.05, 0.1) is 0 Å². The smallest absolute Gasteiger partial charge is 0.123 e. The SMILES string of the molecule is N[N+]1(C2CCCCC2)Cc2ccc3ccccc3c2-c2c(ccc3ccccc23)C1. The number of nitrogens with zero attached hydrogens (tertiary/aromatic N) is 1. The Labute approximate surface area is 178 Å². The summed E-state index contributed by atoms with van der Waals surface area (Å²) in [5, 5.41) is 5.32. The minimum absolute atomic E-state index is 0.551. The molecule has 0 amide bonds. The highest BCUT2D eigenvalue weighted by molar-refractivity contribution is 6.07. The first-order chi connectivity index (χ1) is 14.7. The lowest BCUT2D eigenvalue weighted by molar-refractivity contribution is -0.988. The second-order valence-corrected chi connectivity index (χ2v) is 9.35. The number of fused-ring (bicyclic) bond motifs is 7. The zero-order chi connectivity index (χ0) is 20.1. The van der Waals surface area contributed by atoms with E-state index < -0.39 is 0 Å². The van der Waals surface area contributed by atoms with Gasteiger partial charge in [-0.1, -0.05) is 79.2 Å². The van der Waals surface area contributed by atoms with Gasteiger partial charge < -0.3 is 0 Å². The Balaban J connectivity index is 1.68. The molecule has 2 N–H and O–H groups in total. The summed E-state index contributed by atoms with van der Waals surface area (Å²) in [7, 11) is 0. The fourth-order valence-corrected chi connectivity index (χ4v) is 6.03. The van der Waals surface area contributed by atoms with E-state index in [0.29, 0.717) is 10.6 Å². The minimum Gasteiger partial charge on any atom is -0.238 e. The van der Waals surface area contributed by atoms with Crippen molar-refractivity contribution in [2.24, 2.45) is 5.84 Å². The van der Waals surface area contributed by atoms with Crippen LogP contribution in [0.5, 0.6) is 0 Å². The van der Waals surface area contributed by atoms with Crippen molar-refractivity contribution in [3.8, 4) is 11.1 Å². The van der Waals surface area contributed by atoms with Crippen molar-refractivity contribution < 1.29 is 4.59 Å². The van der Waals surface area contributed by atoms with Gasteiger partial charge in [0.1, 0.15) is 19.1 Å². The van der Waals surface area contributed by atoms with Crippen molar-refractivity contribution >= 4 is 21.5 Å². The largest absolute Gasteiger partial charge is 0.238 e. The van der Waals surface area contributed by atoms with Crippen LogP contribution in [0.4, 0.5) is 0 Å². The molecule has 0 atom stereocenters. The van der Waals surface area contributed by atoms with Gasteiger partial charge in [-0.15, -0.1) is 0 Å². The Morgan fingerprint density at radius 2 is 1.10 bits per heavy atom. The van der Waals surface area contributed by atoms with E-state index in [0.717, 1.165) is 13.1 Å². The summed E-state index contributed by atoms with van der Waals surface area (Å²) in [6, 6.07) is 27.5. The fraction of sp³-hybridized carbons (Fsp3) is 0.286. The molecule has 150 valence electrons. The van der Waals surface area contributed by atoms with E-state index in [1.807, 2.05) is 0 Å². The van der Waals surface area contributed by atoms with Crippen LogP contribution in [0.25, 0.3) is 32.7 Å². The first kappa shape index (κ1) is 18.1. The maximum atomic E-state index is 7.29. The molecular weight excluding hydrogens is 364 g/mol. The van der Waals surface area contributed by atoms with Gasteiger partial charge in [0.15, 0.2) is 0 Å². The first-order valence-electron chi connectivity index (χ1n) is 11.4. The van der Waals surface area contributed by atoms with Crippen molar-refractivity contribution in [3.05, 3.63) is 83.9 Å². The van der Waals surface area contributed by atoms with Crippen molar-refractivity contribution in [2.45, 2.75) is 51.2 Å². The van der Waals surface area contributed by atoms with Crippen LogP contribution in [0.2, 0.25) is 0 Å². The summed E-state index contributed by atoms with van der Waals surface area (Å²) in [5.74, 6) is 7.29. The Morgan fingerprint density at radius 1 is 0.600 bits per heavy atom. The molecule has 1 fully saturated rings. The Bertz CT molecular complexity index is 1160. The highest BCUT2D eigenvalue weighted by atomic mass is 15.6. The zero-order valence-corrected chi connectivity index (χ0v) is 17.5. The maximum Gasteiger partial charge on any atom is 0.123 e. The topological polar surface area (TPSA) is 26.0 Å². The zero-order valence-electron chi connectivity index (χ0n) is 17.5. The Hall–Kier alpha value is -2.68.